The number of benzene rings is 2. The molecule has 3 rings (SSSR count). The second-order valence-electron chi connectivity index (χ2n) is 11.3. The Morgan fingerprint density at radius 2 is 1.14 bits per heavy atom. The summed E-state index contributed by atoms with van der Waals surface area (Å²) in [6.45, 7) is 15.4. The predicted molar refractivity (Wildman–Crippen MR) is 179 cm³/mol. The van der Waals surface area contributed by atoms with E-state index in [0.29, 0.717) is 0 Å². The molecular weight excluding hydrogens is 559 g/mol. The summed E-state index contributed by atoms with van der Waals surface area (Å²) in [7, 11) is 4.21. The SMILES string of the molecule is CCCCCCC1=C(c2cccc(CCCC)c2)[N+](=[N-])C(c2cccc(CCCC)c2)=C1C.CC[N](C)[Ni][N](C)CC. The van der Waals surface area contributed by atoms with Gasteiger partial charge in [-0.1, -0.05) is 77.1 Å². The molecule has 2 aromatic rings. The van der Waals surface area contributed by atoms with Crippen molar-refractivity contribution in [3.63, 3.8) is 0 Å². The van der Waals surface area contributed by atoms with Gasteiger partial charge in [0.1, 0.15) is 0 Å². The Balaban J connectivity index is 0.000000592. The number of rotatable bonds is 17. The average molecular weight is 618 g/mol. The molecule has 0 saturated heterocycles. The van der Waals surface area contributed by atoms with Gasteiger partial charge in [-0.2, -0.15) is 0 Å². The molecule has 1 aliphatic heterocycles. The number of hydrogen-bond acceptors (Lipinski definition) is 2. The molecule has 42 heavy (non-hydrogen) atoms. The summed E-state index contributed by atoms with van der Waals surface area (Å²) in [6, 6.07) is 17.6. The van der Waals surface area contributed by atoms with Gasteiger partial charge in [0.15, 0.2) is 0 Å². The topological polar surface area (TPSA) is 31.8 Å². The van der Waals surface area contributed by atoms with E-state index < -0.39 is 0 Å². The summed E-state index contributed by atoms with van der Waals surface area (Å²) < 4.78 is 5.93. The maximum absolute atomic E-state index is 11.6. The molecule has 0 N–H and O–H groups in total. The normalized spacial score (nSPS) is 13.5. The third-order valence-electron chi connectivity index (χ3n) is 7.88. The minimum absolute atomic E-state index is 0.952. The van der Waals surface area contributed by atoms with Gasteiger partial charge < -0.3 is 5.53 Å². The Kier molecular flexibility index (Phi) is 17.2. The van der Waals surface area contributed by atoms with Crippen LogP contribution in [-0.4, -0.2) is 39.8 Å². The number of aryl methyl sites for hydroxylation is 2. The molecule has 0 bridgehead atoms. The zero-order valence-corrected chi connectivity index (χ0v) is 28.9. The van der Waals surface area contributed by atoms with Crippen LogP contribution < -0.4 is 0 Å². The molecule has 5 heteroatoms. The van der Waals surface area contributed by atoms with Gasteiger partial charge in [0, 0.05) is 22.3 Å². The van der Waals surface area contributed by atoms with E-state index in [1.165, 1.54) is 71.9 Å². The molecule has 1 aliphatic rings. The van der Waals surface area contributed by atoms with E-state index in [1.54, 1.807) is 14.9 Å². The second-order valence-corrected chi connectivity index (χ2v) is 13.0. The third kappa shape index (κ3) is 11.2. The number of allylic oxidation sites excluding steroid dienone is 2. The van der Waals surface area contributed by atoms with Gasteiger partial charge in [0.25, 0.3) is 0 Å². The van der Waals surface area contributed by atoms with Crippen molar-refractivity contribution < 1.29 is 19.6 Å². The van der Waals surface area contributed by atoms with E-state index in [0.717, 1.165) is 61.3 Å². The second kappa shape index (κ2) is 20.0. The van der Waals surface area contributed by atoms with Gasteiger partial charge in [-0.15, -0.1) is 0 Å². The van der Waals surface area contributed by atoms with Gasteiger partial charge in [0.2, 0.25) is 11.4 Å². The van der Waals surface area contributed by atoms with Crippen molar-refractivity contribution in [3.05, 3.63) is 87.5 Å². The van der Waals surface area contributed by atoms with Crippen molar-refractivity contribution in [2.24, 2.45) is 0 Å². The molecule has 0 unspecified atom stereocenters. The number of unbranched alkanes of at least 4 members (excludes halogenated alkanes) is 5. The van der Waals surface area contributed by atoms with E-state index >= 15 is 0 Å². The average Bonchev–Trinajstić information content (AvgIpc) is 3.26. The summed E-state index contributed by atoms with van der Waals surface area (Å²) in [5.41, 5.74) is 21.0. The van der Waals surface area contributed by atoms with Crippen molar-refractivity contribution in [1.82, 2.24) is 7.96 Å². The van der Waals surface area contributed by atoms with E-state index in [2.05, 4.69) is 112 Å². The third-order valence-corrected chi connectivity index (χ3v) is 9.18. The molecule has 0 amide bonds. The summed E-state index contributed by atoms with van der Waals surface area (Å²) in [5, 5.41) is 0. The molecule has 0 fully saturated rings. The van der Waals surface area contributed by atoms with Crippen LogP contribution in [-0.2, 0) is 27.7 Å². The van der Waals surface area contributed by atoms with Gasteiger partial charge >= 0.3 is 63.9 Å². The van der Waals surface area contributed by atoms with E-state index in [1.807, 2.05) is 0 Å². The summed E-state index contributed by atoms with van der Waals surface area (Å²) >= 11 is 1.59. The fraction of sp³-hybridized carbons (Fsp3) is 0.568. The maximum atomic E-state index is 11.6. The molecule has 0 atom stereocenters. The van der Waals surface area contributed by atoms with Crippen LogP contribution >= 0.6 is 0 Å². The van der Waals surface area contributed by atoms with E-state index in [-0.39, 0.29) is 0 Å². The summed E-state index contributed by atoms with van der Waals surface area (Å²) in [5.74, 6) is 0. The zero-order chi connectivity index (χ0) is 30.9. The van der Waals surface area contributed by atoms with Crippen molar-refractivity contribution in [2.75, 3.05) is 27.2 Å². The van der Waals surface area contributed by atoms with Crippen LogP contribution in [0.4, 0.5) is 0 Å². The van der Waals surface area contributed by atoms with Gasteiger partial charge in [-0.3, -0.25) is 0 Å². The minimum atomic E-state index is 0.952. The summed E-state index contributed by atoms with van der Waals surface area (Å²) in [6.07, 6.45) is 12.9. The molecule has 4 nitrogen and oxygen atoms in total. The van der Waals surface area contributed by atoms with Crippen LogP contribution in [0.3, 0.4) is 0 Å². The molecule has 0 spiro atoms. The van der Waals surface area contributed by atoms with Gasteiger partial charge in [-0.25, -0.2) is 4.70 Å². The molecule has 0 aromatic heterocycles. The molecule has 0 saturated carbocycles. The van der Waals surface area contributed by atoms with Crippen LogP contribution in [0.2, 0.25) is 0 Å². The van der Waals surface area contributed by atoms with Crippen molar-refractivity contribution >= 4 is 11.4 Å². The first kappa shape index (κ1) is 36.1. The monoisotopic (exact) mass is 616 g/mol. The Morgan fingerprint density at radius 3 is 1.62 bits per heavy atom. The molecule has 0 radical (unpaired) electrons. The van der Waals surface area contributed by atoms with Crippen molar-refractivity contribution in [2.45, 2.75) is 112 Å². The van der Waals surface area contributed by atoms with E-state index in [4.69, 9.17) is 0 Å². The fourth-order valence-electron chi connectivity index (χ4n) is 5.17. The van der Waals surface area contributed by atoms with Crippen LogP contribution in [0.1, 0.15) is 122 Å². The standard InChI is InChI=1S/C31H42N2.2C3H8N.Ni/c1-5-8-11-12-21-29-24(4)30(27-19-13-17-25(22-27)15-9-6-2)33(32)31(29)28-20-14-18-26(23-28)16-10-7-3;2*1-3-4-2;/h13-14,17-20,22-23H,5-12,15-16,21H2,1-4H3;2*3H2,1-2H3;/q;2*-1;+2. The number of hydrogen-bond donors (Lipinski definition) is 0. The van der Waals surface area contributed by atoms with Gasteiger partial charge in [-0.05, 0) is 80.8 Å². The Hall–Kier alpha value is -2.07. The van der Waals surface area contributed by atoms with Crippen LogP contribution in [0.15, 0.2) is 59.7 Å². The predicted octanol–water partition coefficient (Wildman–Crippen LogP) is 10.3. The Morgan fingerprint density at radius 1 is 0.643 bits per heavy atom. The van der Waals surface area contributed by atoms with Crippen molar-refractivity contribution in [3.8, 4) is 0 Å². The first-order valence-electron chi connectivity index (χ1n) is 16.4. The van der Waals surface area contributed by atoms with Crippen LogP contribution in [0.25, 0.3) is 16.9 Å². The molecule has 2 aromatic carbocycles. The first-order chi connectivity index (χ1) is 20.3. The molecule has 1 heterocycles. The van der Waals surface area contributed by atoms with Crippen LogP contribution in [0, 0.1) is 0 Å². The zero-order valence-electron chi connectivity index (χ0n) is 27.9. The first-order valence-corrected chi connectivity index (χ1v) is 17.3. The quantitative estimate of drug-likeness (QED) is 0.101. The Labute approximate surface area is 265 Å². The fourth-order valence-corrected chi connectivity index (χ4v) is 6.03. The summed E-state index contributed by atoms with van der Waals surface area (Å²) in [4.78, 5) is 0. The Bertz CT molecular complexity index is 1160. The van der Waals surface area contributed by atoms with Crippen LogP contribution in [0.5, 0.6) is 0 Å². The molecule has 0 aliphatic carbocycles. The molecule has 236 valence electrons. The number of nitrogens with zero attached hydrogens (tertiary/aromatic N) is 4. The van der Waals surface area contributed by atoms with E-state index in [9.17, 15) is 5.53 Å². The van der Waals surface area contributed by atoms with Crippen molar-refractivity contribution in [1.29, 1.82) is 0 Å². The molecular formula is C37H58N4Ni. The van der Waals surface area contributed by atoms with Gasteiger partial charge in [0.05, 0.1) is 0 Å².